The van der Waals surface area contributed by atoms with E-state index in [1.165, 1.54) is 0 Å². The molecule has 0 heterocycles. The Bertz CT molecular complexity index is 189. The quantitative estimate of drug-likeness (QED) is 0.742. The Hall–Kier alpha value is -0.0500. The van der Waals surface area contributed by atoms with E-state index < -0.39 is 11.4 Å². The van der Waals surface area contributed by atoms with Crippen molar-refractivity contribution in [1.29, 1.82) is 0 Å². The normalized spacial score (nSPS) is 33.4. The summed E-state index contributed by atoms with van der Waals surface area (Å²) in [6.45, 7) is 4.04. The summed E-state index contributed by atoms with van der Waals surface area (Å²) in [5.74, 6) is -0.637. The summed E-state index contributed by atoms with van der Waals surface area (Å²) in [6, 6.07) is 0. The van der Waals surface area contributed by atoms with Gasteiger partial charge in [0.2, 0.25) is 0 Å². The molecule has 0 aromatic carbocycles. The third kappa shape index (κ3) is 1.19. The van der Waals surface area contributed by atoms with Crippen molar-refractivity contribution in [3.05, 3.63) is 0 Å². The van der Waals surface area contributed by atoms with E-state index in [-0.39, 0.29) is 5.41 Å². The van der Waals surface area contributed by atoms with Gasteiger partial charge in [0.25, 0.3) is 0 Å². The van der Waals surface area contributed by atoms with Gasteiger partial charge in [-0.1, -0.05) is 29.8 Å². The van der Waals surface area contributed by atoms with Crippen molar-refractivity contribution in [3.63, 3.8) is 0 Å². The summed E-state index contributed by atoms with van der Waals surface area (Å²) < 4.78 is 0. The molecule has 0 bridgehead atoms. The topological polar surface area (TPSA) is 37.3 Å². The van der Waals surface area contributed by atoms with Crippen LogP contribution in [0.2, 0.25) is 0 Å². The highest BCUT2D eigenvalue weighted by atomic mass is 79.9. The smallest absolute Gasteiger partial charge is 0.310 e. The first-order chi connectivity index (χ1) is 4.96. The predicted molar refractivity (Wildman–Crippen MR) is 46.9 cm³/mol. The molecule has 1 fully saturated rings. The average Bonchev–Trinajstić information content (AvgIpc) is 2.36. The Morgan fingerprint density at radius 1 is 1.64 bits per heavy atom. The second kappa shape index (κ2) is 2.47. The van der Waals surface area contributed by atoms with Gasteiger partial charge in [-0.25, -0.2) is 0 Å². The van der Waals surface area contributed by atoms with E-state index in [0.717, 1.165) is 18.2 Å². The van der Waals surface area contributed by atoms with E-state index >= 15 is 0 Å². The summed E-state index contributed by atoms with van der Waals surface area (Å²) in [5.41, 5.74) is -0.427. The predicted octanol–water partition coefficient (Wildman–Crippen LogP) is 2.27. The highest BCUT2D eigenvalue weighted by Gasteiger charge is 2.65. The Morgan fingerprint density at radius 3 is 2.18 bits per heavy atom. The highest BCUT2D eigenvalue weighted by molar-refractivity contribution is 9.09. The molecule has 1 atom stereocenters. The lowest BCUT2D eigenvalue weighted by atomic mass is 9.93. The van der Waals surface area contributed by atoms with Gasteiger partial charge in [0.15, 0.2) is 0 Å². The second-order valence-electron chi connectivity index (χ2n) is 3.89. The van der Waals surface area contributed by atoms with Crippen molar-refractivity contribution in [3.8, 4) is 0 Å². The van der Waals surface area contributed by atoms with Gasteiger partial charge < -0.3 is 5.11 Å². The molecule has 0 aliphatic heterocycles. The van der Waals surface area contributed by atoms with Gasteiger partial charge in [-0.2, -0.15) is 0 Å². The molecular weight excluding hydrogens is 208 g/mol. The van der Waals surface area contributed by atoms with Crippen LogP contribution in [0.25, 0.3) is 0 Å². The van der Waals surface area contributed by atoms with Crippen LogP contribution < -0.4 is 0 Å². The number of halogens is 1. The molecule has 0 radical (unpaired) electrons. The second-order valence-corrected chi connectivity index (χ2v) is 4.68. The number of alkyl halides is 1. The molecule has 0 saturated heterocycles. The average molecular weight is 221 g/mol. The number of carbonyl (C=O) groups is 1. The molecule has 1 rings (SSSR count). The van der Waals surface area contributed by atoms with Crippen LogP contribution in [0.5, 0.6) is 0 Å². The van der Waals surface area contributed by atoms with Crippen LogP contribution in [0.1, 0.15) is 26.7 Å². The van der Waals surface area contributed by atoms with E-state index in [0.29, 0.717) is 0 Å². The molecule has 11 heavy (non-hydrogen) atoms. The van der Waals surface area contributed by atoms with Crippen LogP contribution in [-0.4, -0.2) is 16.4 Å². The van der Waals surface area contributed by atoms with E-state index in [1.807, 2.05) is 13.8 Å². The van der Waals surface area contributed by atoms with Gasteiger partial charge >= 0.3 is 5.97 Å². The molecule has 1 N–H and O–H groups in total. The Morgan fingerprint density at radius 2 is 2.09 bits per heavy atom. The van der Waals surface area contributed by atoms with Gasteiger partial charge in [0.05, 0.1) is 5.41 Å². The van der Waals surface area contributed by atoms with E-state index in [2.05, 4.69) is 15.9 Å². The summed E-state index contributed by atoms with van der Waals surface area (Å²) in [5, 5.41) is 9.73. The highest BCUT2D eigenvalue weighted by Crippen LogP contribution is 2.65. The number of hydrogen-bond donors (Lipinski definition) is 1. The van der Waals surface area contributed by atoms with Crippen molar-refractivity contribution >= 4 is 21.9 Å². The third-order valence-electron chi connectivity index (χ3n) is 2.84. The van der Waals surface area contributed by atoms with Crippen LogP contribution >= 0.6 is 15.9 Å². The molecule has 0 aromatic rings. The first kappa shape index (κ1) is 9.04. The van der Waals surface area contributed by atoms with Gasteiger partial charge in [-0.05, 0) is 18.3 Å². The molecule has 64 valence electrons. The molecule has 2 nitrogen and oxygen atoms in total. The minimum Gasteiger partial charge on any atom is -0.481 e. The summed E-state index contributed by atoms with van der Waals surface area (Å²) in [6.07, 6.45) is 1.57. The molecule has 1 aliphatic carbocycles. The van der Waals surface area contributed by atoms with E-state index in [9.17, 15) is 4.79 Å². The molecule has 0 amide bonds. The fourth-order valence-corrected chi connectivity index (χ4v) is 2.45. The van der Waals surface area contributed by atoms with E-state index in [1.54, 1.807) is 0 Å². The lowest BCUT2D eigenvalue weighted by Gasteiger charge is -2.13. The van der Waals surface area contributed by atoms with Crippen molar-refractivity contribution in [2.24, 2.45) is 10.8 Å². The van der Waals surface area contributed by atoms with Crippen LogP contribution in [0.4, 0.5) is 0 Å². The molecule has 3 heteroatoms. The van der Waals surface area contributed by atoms with Crippen LogP contribution in [-0.2, 0) is 4.79 Å². The fourth-order valence-electron chi connectivity index (χ4n) is 1.77. The number of carboxylic acid groups (broad SMARTS) is 1. The van der Waals surface area contributed by atoms with Crippen LogP contribution in [0, 0.1) is 10.8 Å². The Balaban J connectivity index is 2.71. The monoisotopic (exact) mass is 220 g/mol. The first-order valence-corrected chi connectivity index (χ1v) is 4.88. The fraction of sp³-hybridized carbons (Fsp3) is 0.875. The summed E-state index contributed by atoms with van der Waals surface area (Å²) in [7, 11) is 0. The zero-order valence-corrected chi connectivity index (χ0v) is 8.44. The Labute approximate surface area is 75.1 Å². The van der Waals surface area contributed by atoms with Gasteiger partial charge in [0, 0.05) is 5.33 Å². The van der Waals surface area contributed by atoms with Crippen molar-refractivity contribution in [2.75, 3.05) is 5.33 Å². The molecule has 0 spiro atoms. The first-order valence-electron chi connectivity index (χ1n) is 3.76. The Kier molecular flexibility index (Phi) is 2.03. The molecular formula is C8H13BrO2. The van der Waals surface area contributed by atoms with Gasteiger partial charge in [-0.15, -0.1) is 0 Å². The third-order valence-corrected chi connectivity index (χ3v) is 3.24. The summed E-state index contributed by atoms with van der Waals surface area (Å²) in [4.78, 5) is 10.9. The van der Waals surface area contributed by atoms with Crippen LogP contribution in [0.15, 0.2) is 0 Å². The maximum atomic E-state index is 10.9. The van der Waals surface area contributed by atoms with Crippen molar-refractivity contribution in [2.45, 2.75) is 26.7 Å². The van der Waals surface area contributed by atoms with Gasteiger partial charge in [0.1, 0.15) is 0 Å². The molecule has 1 unspecified atom stereocenters. The number of carboxylic acids is 1. The SMILES string of the molecule is CC1(C)CC1(CCBr)C(=O)O. The number of hydrogen-bond acceptors (Lipinski definition) is 1. The maximum Gasteiger partial charge on any atom is 0.310 e. The summed E-state index contributed by atoms with van der Waals surface area (Å²) >= 11 is 3.28. The molecule has 1 aliphatic rings. The molecule has 1 saturated carbocycles. The lowest BCUT2D eigenvalue weighted by Crippen LogP contribution is -2.21. The maximum absolute atomic E-state index is 10.9. The number of aliphatic carboxylic acids is 1. The minimum absolute atomic E-state index is 0.00655. The van der Waals surface area contributed by atoms with Crippen LogP contribution in [0.3, 0.4) is 0 Å². The standard InChI is InChI=1S/C8H13BrO2/c1-7(2)5-8(7,3-4-9)6(10)11/h3-5H2,1-2H3,(H,10,11). The minimum atomic E-state index is -0.637. The van der Waals surface area contributed by atoms with Crippen molar-refractivity contribution in [1.82, 2.24) is 0 Å². The zero-order valence-electron chi connectivity index (χ0n) is 6.85. The zero-order chi connectivity index (χ0) is 8.70. The van der Waals surface area contributed by atoms with Crippen molar-refractivity contribution < 1.29 is 9.90 Å². The van der Waals surface area contributed by atoms with Gasteiger partial charge in [-0.3, -0.25) is 4.79 Å². The lowest BCUT2D eigenvalue weighted by molar-refractivity contribution is -0.144. The molecule has 0 aromatic heterocycles. The number of rotatable bonds is 3. The largest absolute Gasteiger partial charge is 0.481 e. The van der Waals surface area contributed by atoms with E-state index in [4.69, 9.17) is 5.11 Å².